The second-order valence-electron chi connectivity index (χ2n) is 4.66. The molecule has 1 aliphatic heterocycles. The molecule has 1 N–H and O–H groups in total. The zero-order chi connectivity index (χ0) is 13.7. The Labute approximate surface area is 118 Å². The molecule has 1 aliphatic rings. The highest BCUT2D eigenvalue weighted by atomic mass is 35.5. The Bertz CT molecular complexity index is 433. The van der Waals surface area contributed by atoms with Crippen molar-refractivity contribution in [1.29, 1.82) is 0 Å². The second-order valence-corrected chi connectivity index (χ2v) is 4.97. The van der Waals surface area contributed by atoms with Gasteiger partial charge < -0.3 is 15.0 Å². The Kier molecular flexibility index (Phi) is 5.05. The summed E-state index contributed by atoms with van der Waals surface area (Å²) in [4.78, 5) is 14.2. The van der Waals surface area contributed by atoms with Crippen LogP contribution in [0, 0.1) is 5.92 Å². The van der Waals surface area contributed by atoms with Crippen molar-refractivity contribution in [3.05, 3.63) is 24.3 Å². The van der Waals surface area contributed by atoms with Gasteiger partial charge in [-0.25, -0.2) is 0 Å². The number of amides is 1. The van der Waals surface area contributed by atoms with Gasteiger partial charge in [-0.2, -0.15) is 0 Å². The molecular formula is C14H19ClN2O2. The molecule has 0 aliphatic carbocycles. The van der Waals surface area contributed by atoms with E-state index in [2.05, 4.69) is 10.2 Å². The Hall–Kier alpha value is -1.26. The number of alkyl halides is 1. The molecule has 1 heterocycles. The average Bonchev–Trinajstić information content (AvgIpc) is 2.47. The number of carbonyl (C=O) groups excluding carboxylic acids is 1. The number of benzene rings is 1. The van der Waals surface area contributed by atoms with Gasteiger partial charge in [0.1, 0.15) is 0 Å². The topological polar surface area (TPSA) is 41.6 Å². The average molecular weight is 283 g/mol. The lowest BCUT2D eigenvalue weighted by atomic mass is 10.1. The third kappa shape index (κ3) is 3.61. The molecule has 1 unspecified atom stereocenters. The summed E-state index contributed by atoms with van der Waals surface area (Å²) < 4.78 is 5.35. The standard InChI is InChI=1S/C14H19ClN2O2/c1-11(10-15)14(18)16-12-4-2-3-5-13(12)17-6-8-19-9-7-17/h2-5,11H,6-10H2,1H3,(H,16,18). The maximum absolute atomic E-state index is 11.9. The first-order chi connectivity index (χ1) is 9.22. The summed E-state index contributed by atoms with van der Waals surface area (Å²) in [5, 5.41) is 2.95. The zero-order valence-corrected chi connectivity index (χ0v) is 11.8. The minimum Gasteiger partial charge on any atom is -0.378 e. The molecule has 2 rings (SSSR count). The molecule has 1 atom stereocenters. The van der Waals surface area contributed by atoms with Crippen LogP contribution in [0.2, 0.25) is 0 Å². The molecule has 0 aromatic heterocycles. The third-order valence-corrected chi connectivity index (χ3v) is 3.66. The Morgan fingerprint density at radius 2 is 2.11 bits per heavy atom. The van der Waals surface area contributed by atoms with E-state index < -0.39 is 0 Å². The predicted octanol–water partition coefficient (Wildman–Crippen LogP) is 2.34. The van der Waals surface area contributed by atoms with Crippen molar-refractivity contribution in [2.45, 2.75) is 6.92 Å². The molecule has 1 amide bonds. The van der Waals surface area contributed by atoms with Gasteiger partial charge >= 0.3 is 0 Å². The largest absolute Gasteiger partial charge is 0.378 e. The number of hydrogen-bond acceptors (Lipinski definition) is 3. The highest BCUT2D eigenvalue weighted by molar-refractivity contribution is 6.19. The van der Waals surface area contributed by atoms with Crippen LogP contribution in [0.15, 0.2) is 24.3 Å². The smallest absolute Gasteiger partial charge is 0.228 e. The van der Waals surface area contributed by atoms with Crippen LogP contribution in [0.25, 0.3) is 0 Å². The molecule has 1 aromatic rings. The molecule has 1 fully saturated rings. The van der Waals surface area contributed by atoms with Gasteiger partial charge in [0.2, 0.25) is 5.91 Å². The quantitative estimate of drug-likeness (QED) is 0.862. The first-order valence-electron chi connectivity index (χ1n) is 6.51. The minimum atomic E-state index is -0.195. The van der Waals surface area contributed by atoms with E-state index in [1.807, 2.05) is 31.2 Å². The van der Waals surface area contributed by atoms with Gasteiger partial charge in [-0.15, -0.1) is 11.6 Å². The van der Waals surface area contributed by atoms with Gasteiger partial charge in [0.05, 0.1) is 24.6 Å². The van der Waals surface area contributed by atoms with Crippen LogP contribution in [0.4, 0.5) is 11.4 Å². The van der Waals surface area contributed by atoms with Crippen LogP contribution in [0.3, 0.4) is 0 Å². The number of nitrogens with zero attached hydrogens (tertiary/aromatic N) is 1. The van der Waals surface area contributed by atoms with E-state index in [-0.39, 0.29) is 11.8 Å². The summed E-state index contributed by atoms with van der Waals surface area (Å²) in [7, 11) is 0. The molecule has 0 spiro atoms. The van der Waals surface area contributed by atoms with E-state index in [1.54, 1.807) is 0 Å². The van der Waals surface area contributed by atoms with Crippen molar-refractivity contribution in [1.82, 2.24) is 0 Å². The molecule has 4 nitrogen and oxygen atoms in total. The van der Waals surface area contributed by atoms with Gasteiger partial charge in [-0.05, 0) is 12.1 Å². The lowest BCUT2D eigenvalue weighted by Crippen LogP contribution is -2.37. The van der Waals surface area contributed by atoms with Gasteiger partial charge in [-0.3, -0.25) is 4.79 Å². The summed E-state index contributed by atoms with van der Waals surface area (Å²) in [6.07, 6.45) is 0. The summed E-state index contributed by atoms with van der Waals surface area (Å²) in [5.74, 6) is 0.0843. The van der Waals surface area contributed by atoms with Gasteiger partial charge in [0.15, 0.2) is 0 Å². The number of para-hydroxylation sites is 2. The fraction of sp³-hybridized carbons (Fsp3) is 0.500. The molecule has 19 heavy (non-hydrogen) atoms. The third-order valence-electron chi connectivity index (χ3n) is 3.19. The summed E-state index contributed by atoms with van der Waals surface area (Å²) in [5.41, 5.74) is 1.88. The normalized spacial score (nSPS) is 17.1. The minimum absolute atomic E-state index is 0.0456. The number of morpholine rings is 1. The molecule has 1 aromatic carbocycles. The van der Waals surface area contributed by atoms with Crippen molar-refractivity contribution in [2.24, 2.45) is 5.92 Å². The van der Waals surface area contributed by atoms with Crippen molar-refractivity contribution < 1.29 is 9.53 Å². The van der Waals surface area contributed by atoms with Crippen molar-refractivity contribution in [3.63, 3.8) is 0 Å². The number of ether oxygens (including phenoxy) is 1. The van der Waals surface area contributed by atoms with E-state index in [9.17, 15) is 4.79 Å². The predicted molar refractivity (Wildman–Crippen MR) is 78.0 cm³/mol. The summed E-state index contributed by atoms with van der Waals surface area (Å²) >= 11 is 5.71. The number of anilines is 2. The van der Waals surface area contributed by atoms with Crippen molar-refractivity contribution in [2.75, 3.05) is 42.4 Å². The molecule has 5 heteroatoms. The molecule has 1 saturated heterocycles. The zero-order valence-electron chi connectivity index (χ0n) is 11.1. The number of rotatable bonds is 4. The fourth-order valence-corrected chi connectivity index (χ4v) is 2.13. The van der Waals surface area contributed by atoms with Crippen LogP contribution in [-0.2, 0) is 9.53 Å². The van der Waals surface area contributed by atoms with Crippen LogP contribution < -0.4 is 10.2 Å². The van der Waals surface area contributed by atoms with Gasteiger partial charge in [-0.1, -0.05) is 19.1 Å². The van der Waals surface area contributed by atoms with Crippen LogP contribution in [-0.4, -0.2) is 38.1 Å². The lowest BCUT2D eigenvalue weighted by Gasteiger charge is -2.30. The summed E-state index contributed by atoms with van der Waals surface area (Å²) in [6.45, 7) is 4.95. The van der Waals surface area contributed by atoms with Crippen LogP contribution >= 0.6 is 11.6 Å². The molecule has 0 saturated carbocycles. The van der Waals surface area contributed by atoms with Crippen molar-refractivity contribution in [3.8, 4) is 0 Å². The van der Waals surface area contributed by atoms with Crippen LogP contribution in [0.1, 0.15) is 6.92 Å². The Balaban J connectivity index is 2.13. The van der Waals surface area contributed by atoms with E-state index in [0.717, 1.165) is 37.7 Å². The monoisotopic (exact) mass is 282 g/mol. The van der Waals surface area contributed by atoms with E-state index >= 15 is 0 Å². The Morgan fingerprint density at radius 3 is 2.79 bits per heavy atom. The highest BCUT2D eigenvalue weighted by Crippen LogP contribution is 2.26. The number of halogens is 1. The van der Waals surface area contributed by atoms with E-state index in [0.29, 0.717) is 5.88 Å². The second kappa shape index (κ2) is 6.78. The number of hydrogen-bond donors (Lipinski definition) is 1. The van der Waals surface area contributed by atoms with Gasteiger partial charge in [0.25, 0.3) is 0 Å². The highest BCUT2D eigenvalue weighted by Gasteiger charge is 2.17. The fourth-order valence-electron chi connectivity index (χ4n) is 1.99. The van der Waals surface area contributed by atoms with Crippen LogP contribution in [0.5, 0.6) is 0 Å². The number of carbonyl (C=O) groups is 1. The van der Waals surface area contributed by atoms with E-state index in [4.69, 9.17) is 16.3 Å². The SMILES string of the molecule is CC(CCl)C(=O)Nc1ccccc1N1CCOCC1. The van der Waals surface area contributed by atoms with E-state index in [1.165, 1.54) is 0 Å². The first kappa shape index (κ1) is 14.2. The molecule has 104 valence electrons. The lowest BCUT2D eigenvalue weighted by molar-refractivity contribution is -0.118. The summed E-state index contributed by atoms with van der Waals surface area (Å²) in [6, 6.07) is 7.84. The first-order valence-corrected chi connectivity index (χ1v) is 7.04. The Morgan fingerprint density at radius 1 is 1.42 bits per heavy atom. The molecule has 0 radical (unpaired) electrons. The maximum Gasteiger partial charge on any atom is 0.228 e. The number of nitrogens with one attached hydrogen (secondary N) is 1. The maximum atomic E-state index is 11.9. The molecular weight excluding hydrogens is 264 g/mol. The molecule has 0 bridgehead atoms. The van der Waals surface area contributed by atoms with Crippen molar-refractivity contribution >= 4 is 28.9 Å². The van der Waals surface area contributed by atoms with Gasteiger partial charge in [0, 0.05) is 24.9 Å².